The van der Waals surface area contributed by atoms with Gasteiger partial charge < -0.3 is 10.4 Å². The predicted molar refractivity (Wildman–Crippen MR) is 91.4 cm³/mol. The molecule has 0 bridgehead atoms. The van der Waals surface area contributed by atoms with Crippen LogP contribution in [0.4, 0.5) is 11.4 Å². The first-order chi connectivity index (χ1) is 11.1. The fraction of sp³-hybridized carbons (Fsp3) is 0.167. The first-order valence-corrected chi connectivity index (χ1v) is 7.42. The van der Waals surface area contributed by atoms with Gasteiger partial charge in [-0.1, -0.05) is 30.3 Å². The summed E-state index contributed by atoms with van der Waals surface area (Å²) in [6, 6.07) is 16.9. The van der Waals surface area contributed by atoms with Crippen molar-refractivity contribution in [3.8, 4) is 5.69 Å². The molecule has 3 rings (SSSR count). The lowest BCUT2D eigenvalue weighted by atomic mass is 10.2. The maximum Gasteiger partial charge on any atom is 0.295 e. The summed E-state index contributed by atoms with van der Waals surface area (Å²) in [5.74, 6) is 0. The Morgan fingerprint density at radius 1 is 1.04 bits per heavy atom. The van der Waals surface area contributed by atoms with Gasteiger partial charge in [0.1, 0.15) is 5.69 Å². The smallest absolute Gasteiger partial charge is 0.295 e. The minimum atomic E-state index is -0.0950. The summed E-state index contributed by atoms with van der Waals surface area (Å²) in [5.41, 5.74) is 3.78. The molecule has 0 radical (unpaired) electrons. The number of aromatic nitrogens is 2. The van der Waals surface area contributed by atoms with Crippen molar-refractivity contribution in [2.45, 2.75) is 13.5 Å². The largest absolute Gasteiger partial charge is 0.392 e. The first kappa shape index (κ1) is 15.1. The highest BCUT2D eigenvalue weighted by Crippen LogP contribution is 2.19. The van der Waals surface area contributed by atoms with Gasteiger partial charge in [-0.3, -0.25) is 9.48 Å². The van der Waals surface area contributed by atoms with Crippen molar-refractivity contribution in [2.24, 2.45) is 7.05 Å². The number of aliphatic hydroxyl groups excluding tert-OH is 1. The maximum absolute atomic E-state index is 12.8. The Bertz CT molecular complexity index is 862. The quantitative estimate of drug-likeness (QED) is 0.779. The zero-order chi connectivity index (χ0) is 16.4. The fourth-order valence-electron chi connectivity index (χ4n) is 2.55. The third-order valence-corrected chi connectivity index (χ3v) is 3.96. The number of hydrogen-bond acceptors (Lipinski definition) is 3. The van der Waals surface area contributed by atoms with Crippen LogP contribution in [-0.4, -0.2) is 14.5 Å². The molecule has 5 heteroatoms. The van der Waals surface area contributed by atoms with Gasteiger partial charge in [-0.05, 0) is 36.8 Å². The average molecular weight is 309 g/mol. The van der Waals surface area contributed by atoms with E-state index in [1.165, 1.54) is 0 Å². The van der Waals surface area contributed by atoms with E-state index in [1.54, 1.807) is 4.68 Å². The van der Waals surface area contributed by atoms with Crippen molar-refractivity contribution in [1.82, 2.24) is 9.36 Å². The zero-order valence-corrected chi connectivity index (χ0v) is 13.2. The maximum atomic E-state index is 12.8. The number of hydrogen-bond donors (Lipinski definition) is 2. The molecule has 0 atom stereocenters. The summed E-state index contributed by atoms with van der Waals surface area (Å²) in [6.07, 6.45) is 0. The molecule has 0 unspecified atom stereocenters. The topological polar surface area (TPSA) is 59.2 Å². The number of para-hydroxylation sites is 1. The van der Waals surface area contributed by atoms with Crippen LogP contribution in [0.5, 0.6) is 0 Å². The Morgan fingerprint density at radius 3 is 2.30 bits per heavy atom. The Hall–Kier alpha value is -2.79. The highest BCUT2D eigenvalue weighted by Gasteiger charge is 2.15. The third-order valence-electron chi connectivity index (χ3n) is 3.96. The standard InChI is InChI=1S/C18H19N3O2/c1-13-17(19-15-10-8-14(12-22)9-11-15)18(23)21(20(13)2)16-6-4-3-5-7-16/h3-11,19,22H,12H2,1-2H3. The van der Waals surface area contributed by atoms with Gasteiger partial charge in [0.25, 0.3) is 5.56 Å². The molecule has 0 aliphatic rings. The third kappa shape index (κ3) is 2.78. The molecule has 0 saturated heterocycles. The van der Waals surface area contributed by atoms with E-state index in [1.807, 2.05) is 73.3 Å². The van der Waals surface area contributed by atoms with E-state index >= 15 is 0 Å². The molecule has 3 aromatic rings. The van der Waals surface area contributed by atoms with Crippen LogP contribution in [0.15, 0.2) is 59.4 Å². The van der Waals surface area contributed by atoms with E-state index in [0.29, 0.717) is 5.69 Å². The van der Waals surface area contributed by atoms with Crippen molar-refractivity contribution in [1.29, 1.82) is 0 Å². The second-order valence-electron chi connectivity index (χ2n) is 5.42. The highest BCUT2D eigenvalue weighted by atomic mass is 16.3. The summed E-state index contributed by atoms with van der Waals surface area (Å²) in [4.78, 5) is 12.8. The Balaban J connectivity index is 2.02. The summed E-state index contributed by atoms with van der Waals surface area (Å²) in [7, 11) is 1.86. The molecule has 0 saturated carbocycles. The summed E-state index contributed by atoms with van der Waals surface area (Å²) >= 11 is 0. The minimum Gasteiger partial charge on any atom is -0.392 e. The van der Waals surface area contributed by atoms with Crippen LogP contribution in [0, 0.1) is 6.92 Å². The number of nitrogens with one attached hydrogen (secondary N) is 1. The second-order valence-corrected chi connectivity index (χ2v) is 5.42. The van der Waals surface area contributed by atoms with E-state index in [4.69, 9.17) is 5.11 Å². The van der Waals surface area contributed by atoms with Crippen molar-refractivity contribution in [3.63, 3.8) is 0 Å². The van der Waals surface area contributed by atoms with Crippen molar-refractivity contribution >= 4 is 11.4 Å². The van der Waals surface area contributed by atoms with Crippen molar-refractivity contribution in [2.75, 3.05) is 5.32 Å². The van der Waals surface area contributed by atoms with Crippen molar-refractivity contribution in [3.05, 3.63) is 76.2 Å². The molecule has 1 aromatic heterocycles. The van der Waals surface area contributed by atoms with Crippen LogP contribution >= 0.6 is 0 Å². The molecule has 5 nitrogen and oxygen atoms in total. The monoisotopic (exact) mass is 309 g/mol. The second kappa shape index (κ2) is 6.14. The Labute approximate surface area is 134 Å². The van der Waals surface area contributed by atoms with Crippen LogP contribution in [0.25, 0.3) is 5.69 Å². The van der Waals surface area contributed by atoms with Gasteiger partial charge in [-0.2, -0.15) is 0 Å². The molecule has 0 aliphatic heterocycles. The van der Waals surface area contributed by atoms with Gasteiger partial charge in [0, 0.05) is 12.7 Å². The lowest BCUT2D eigenvalue weighted by Gasteiger charge is -2.07. The van der Waals surface area contributed by atoms with Gasteiger partial charge in [0.05, 0.1) is 18.0 Å². The van der Waals surface area contributed by atoms with Crippen LogP contribution < -0.4 is 10.9 Å². The lowest BCUT2D eigenvalue weighted by Crippen LogP contribution is -2.20. The van der Waals surface area contributed by atoms with Gasteiger partial charge in [-0.15, -0.1) is 0 Å². The number of rotatable bonds is 4. The van der Waals surface area contributed by atoms with E-state index in [-0.39, 0.29) is 12.2 Å². The molecule has 23 heavy (non-hydrogen) atoms. The molecule has 0 amide bonds. The van der Waals surface area contributed by atoms with E-state index in [9.17, 15) is 4.79 Å². The minimum absolute atomic E-state index is 0.00541. The number of aliphatic hydroxyl groups is 1. The van der Waals surface area contributed by atoms with Gasteiger partial charge >= 0.3 is 0 Å². The normalized spacial score (nSPS) is 10.7. The Kier molecular flexibility index (Phi) is 4.04. The van der Waals surface area contributed by atoms with E-state index in [2.05, 4.69) is 5.32 Å². The number of nitrogens with zero attached hydrogens (tertiary/aromatic N) is 2. The Morgan fingerprint density at radius 2 is 1.70 bits per heavy atom. The fourth-order valence-corrected chi connectivity index (χ4v) is 2.55. The summed E-state index contributed by atoms with van der Waals surface area (Å²) in [5, 5.41) is 12.3. The molecule has 1 heterocycles. The molecular formula is C18H19N3O2. The molecule has 0 spiro atoms. The summed E-state index contributed by atoms with van der Waals surface area (Å²) < 4.78 is 3.47. The molecule has 2 N–H and O–H groups in total. The van der Waals surface area contributed by atoms with Gasteiger partial charge in [-0.25, -0.2) is 4.68 Å². The van der Waals surface area contributed by atoms with Gasteiger partial charge in [0.15, 0.2) is 0 Å². The number of anilines is 2. The molecule has 0 fully saturated rings. The molecule has 2 aromatic carbocycles. The predicted octanol–water partition coefficient (Wildman–Crippen LogP) is 2.72. The SMILES string of the molecule is Cc1c(Nc2ccc(CO)cc2)c(=O)n(-c2ccccc2)n1C. The van der Waals surface area contributed by atoms with E-state index < -0.39 is 0 Å². The summed E-state index contributed by atoms with van der Waals surface area (Å²) in [6.45, 7) is 1.91. The van der Waals surface area contributed by atoms with Crippen LogP contribution in [0.1, 0.15) is 11.3 Å². The molecule has 118 valence electrons. The van der Waals surface area contributed by atoms with Crippen LogP contribution in [-0.2, 0) is 13.7 Å². The van der Waals surface area contributed by atoms with E-state index in [0.717, 1.165) is 22.6 Å². The zero-order valence-electron chi connectivity index (χ0n) is 13.2. The van der Waals surface area contributed by atoms with Gasteiger partial charge in [0.2, 0.25) is 0 Å². The lowest BCUT2D eigenvalue weighted by molar-refractivity contribution is 0.282. The first-order valence-electron chi connectivity index (χ1n) is 7.42. The van der Waals surface area contributed by atoms with Crippen molar-refractivity contribution < 1.29 is 5.11 Å². The molecule has 0 aliphatic carbocycles. The number of benzene rings is 2. The average Bonchev–Trinajstić information content (AvgIpc) is 2.80. The highest BCUT2D eigenvalue weighted by molar-refractivity contribution is 5.62. The molecular weight excluding hydrogens is 290 g/mol. The van der Waals surface area contributed by atoms with Crippen LogP contribution in [0.2, 0.25) is 0 Å². The van der Waals surface area contributed by atoms with Crippen LogP contribution in [0.3, 0.4) is 0 Å².